The molecule has 2 aliphatic heterocycles. The van der Waals surface area contributed by atoms with Gasteiger partial charge < -0.3 is 4.74 Å². The Morgan fingerprint density at radius 2 is 1.40 bits per heavy atom. The fraction of sp³-hybridized carbons (Fsp3) is 0.154. The summed E-state index contributed by atoms with van der Waals surface area (Å²) in [5.41, 5.74) is -1.27. The monoisotopic (exact) mass is 525 g/mol. The minimum Gasteiger partial charge on any atom is -0.349 e. The highest BCUT2D eigenvalue weighted by Crippen LogP contribution is 2.58. The summed E-state index contributed by atoms with van der Waals surface area (Å²) in [4.78, 5) is 56.1. The Morgan fingerprint density at radius 3 is 2.03 bits per heavy atom. The number of nitrogens with zero attached hydrogens (tertiary/aromatic N) is 1. The lowest BCUT2D eigenvalue weighted by atomic mass is 9.77. The Morgan fingerprint density at radius 1 is 0.743 bits per heavy atom. The molecule has 6 rings (SSSR count). The van der Waals surface area contributed by atoms with Crippen LogP contribution in [0, 0.1) is 11.8 Å². The highest BCUT2D eigenvalue weighted by molar-refractivity contribution is 6.38. The third-order valence-corrected chi connectivity index (χ3v) is 7.65. The van der Waals surface area contributed by atoms with Crippen LogP contribution in [0.3, 0.4) is 0 Å². The zero-order valence-corrected chi connectivity index (χ0v) is 20.0. The molecule has 1 aliphatic carbocycles. The number of hydrogen-bond donors (Lipinski definition) is 0. The van der Waals surface area contributed by atoms with Gasteiger partial charge in [0.05, 0.1) is 23.6 Å². The van der Waals surface area contributed by atoms with Crippen molar-refractivity contribution in [1.29, 1.82) is 0 Å². The first kappa shape index (κ1) is 22.4. The number of Topliss-reactive ketones (excluding diaryl/α,β-unsaturated/α-hetero) is 2. The second-order valence-corrected chi connectivity index (χ2v) is 9.92. The van der Waals surface area contributed by atoms with E-state index in [1.165, 1.54) is 24.3 Å². The second-order valence-electron chi connectivity index (χ2n) is 8.64. The van der Waals surface area contributed by atoms with Gasteiger partial charge in [-0.2, -0.15) is 0 Å². The van der Waals surface area contributed by atoms with Crippen LogP contribution in [0.15, 0.2) is 66.7 Å². The summed E-state index contributed by atoms with van der Waals surface area (Å²) < 4.78 is 6.22. The summed E-state index contributed by atoms with van der Waals surface area (Å²) in [5, 5.41) is 0.872. The topological polar surface area (TPSA) is 80.8 Å². The molecule has 2 saturated heterocycles. The third-order valence-electron chi connectivity index (χ3n) is 6.85. The molecule has 9 heteroatoms. The van der Waals surface area contributed by atoms with E-state index in [1.807, 2.05) is 0 Å². The quantitative estimate of drug-likeness (QED) is 0.333. The van der Waals surface area contributed by atoms with Crippen LogP contribution in [0.2, 0.25) is 15.1 Å². The maximum absolute atomic E-state index is 13.9. The van der Waals surface area contributed by atoms with E-state index >= 15 is 0 Å². The first-order chi connectivity index (χ1) is 16.8. The summed E-state index contributed by atoms with van der Waals surface area (Å²) in [7, 11) is 0. The maximum atomic E-state index is 13.9. The third kappa shape index (κ3) is 2.94. The van der Waals surface area contributed by atoms with Crippen LogP contribution < -0.4 is 4.90 Å². The van der Waals surface area contributed by atoms with Crippen molar-refractivity contribution in [2.75, 3.05) is 4.90 Å². The summed E-state index contributed by atoms with van der Waals surface area (Å²) in [6, 6.07) is 17.2. The molecule has 3 aromatic carbocycles. The highest BCUT2D eigenvalue weighted by Gasteiger charge is 2.74. The lowest BCUT2D eigenvalue weighted by Crippen LogP contribution is -2.51. The average molecular weight is 527 g/mol. The van der Waals surface area contributed by atoms with E-state index in [1.54, 1.807) is 42.5 Å². The lowest BCUT2D eigenvalue weighted by Gasteiger charge is -2.27. The number of rotatable bonds is 2. The van der Waals surface area contributed by atoms with Crippen LogP contribution in [-0.2, 0) is 14.3 Å². The van der Waals surface area contributed by atoms with Gasteiger partial charge >= 0.3 is 0 Å². The van der Waals surface area contributed by atoms with Crippen molar-refractivity contribution in [2.24, 2.45) is 11.8 Å². The van der Waals surface area contributed by atoms with E-state index in [0.29, 0.717) is 15.6 Å². The zero-order chi connectivity index (χ0) is 24.6. The Kier molecular flexibility index (Phi) is 4.96. The van der Waals surface area contributed by atoms with Gasteiger partial charge in [0.1, 0.15) is 0 Å². The van der Waals surface area contributed by atoms with Gasteiger partial charge in [0.15, 0.2) is 0 Å². The van der Waals surface area contributed by atoms with E-state index in [-0.39, 0.29) is 21.8 Å². The largest absolute Gasteiger partial charge is 0.349 e. The van der Waals surface area contributed by atoms with E-state index in [4.69, 9.17) is 39.5 Å². The molecule has 3 aliphatic rings. The molecule has 0 N–H and O–H groups in total. The van der Waals surface area contributed by atoms with Gasteiger partial charge in [-0.15, -0.1) is 0 Å². The molecule has 6 nitrogen and oxygen atoms in total. The van der Waals surface area contributed by atoms with E-state index < -0.39 is 46.9 Å². The molecule has 2 fully saturated rings. The van der Waals surface area contributed by atoms with E-state index in [0.717, 1.165) is 4.90 Å². The number of benzene rings is 3. The number of hydrogen-bond acceptors (Lipinski definition) is 5. The number of anilines is 1. The number of halogens is 3. The van der Waals surface area contributed by atoms with Crippen molar-refractivity contribution >= 4 is 63.9 Å². The number of fused-ring (bicyclic) bond motifs is 3. The van der Waals surface area contributed by atoms with Crippen LogP contribution in [-0.4, -0.2) is 29.0 Å². The number of carbonyl (C=O) groups excluding carboxylic acids is 4. The van der Waals surface area contributed by atoms with Gasteiger partial charge in [-0.05, 0) is 30.3 Å². The number of ketones is 2. The number of ether oxygens (including phenoxy) is 1. The second kappa shape index (κ2) is 7.73. The molecule has 2 amide bonds. The van der Waals surface area contributed by atoms with Crippen molar-refractivity contribution in [3.63, 3.8) is 0 Å². The van der Waals surface area contributed by atoms with Crippen LogP contribution in [0.25, 0.3) is 0 Å². The molecular weight excluding hydrogens is 513 g/mol. The molecule has 0 aromatic heterocycles. The molecule has 1 spiro atoms. The van der Waals surface area contributed by atoms with E-state index in [9.17, 15) is 19.2 Å². The van der Waals surface area contributed by atoms with Crippen LogP contribution in [0.1, 0.15) is 32.4 Å². The van der Waals surface area contributed by atoms with Crippen molar-refractivity contribution in [2.45, 2.75) is 11.7 Å². The molecule has 35 heavy (non-hydrogen) atoms. The molecule has 2 heterocycles. The predicted octanol–water partition coefficient (Wildman–Crippen LogP) is 5.34. The van der Waals surface area contributed by atoms with Crippen LogP contribution >= 0.6 is 34.8 Å². The molecule has 174 valence electrons. The number of imide groups is 1. The minimum atomic E-state index is -2.18. The Balaban J connectivity index is 1.57. The first-order valence-electron chi connectivity index (χ1n) is 10.7. The molecule has 0 saturated carbocycles. The Hall–Kier alpha value is -3.03. The van der Waals surface area contributed by atoms with Crippen molar-refractivity contribution in [1.82, 2.24) is 0 Å². The average Bonchev–Trinajstić information content (AvgIpc) is 3.39. The molecule has 3 atom stereocenters. The Labute approximate surface area is 214 Å². The first-order valence-corrected chi connectivity index (χ1v) is 11.8. The van der Waals surface area contributed by atoms with Crippen LogP contribution in [0.5, 0.6) is 0 Å². The molecular formula is C26H14Cl3NO5. The summed E-state index contributed by atoms with van der Waals surface area (Å²) >= 11 is 18.6. The SMILES string of the molecule is O=C1[C@@H]2[C@@H](c3ccc(Cl)cc3Cl)OC3(C(=O)c4ccccc4C3=O)[C@H]2C(=O)N1c1cccc(Cl)c1. The van der Waals surface area contributed by atoms with E-state index in [2.05, 4.69) is 0 Å². The van der Waals surface area contributed by atoms with Gasteiger partial charge in [0.2, 0.25) is 29.0 Å². The summed E-state index contributed by atoms with van der Waals surface area (Å²) in [6.45, 7) is 0. The van der Waals surface area contributed by atoms with Gasteiger partial charge in [-0.3, -0.25) is 19.2 Å². The number of amides is 2. The fourth-order valence-electron chi connectivity index (χ4n) is 5.40. The molecule has 0 radical (unpaired) electrons. The zero-order valence-electron chi connectivity index (χ0n) is 17.7. The Bertz CT molecular complexity index is 1450. The predicted molar refractivity (Wildman–Crippen MR) is 129 cm³/mol. The van der Waals surface area contributed by atoms with Gasteiger partial charge in [-0.1, -0.05) is 71.2 Å². The smallest absolute Gasteiger partial charge is 0.241 e. The fourth-order valence-corrected chi connectivity index (χ4v) is 6.10. The van der Waals surface area contributed by atoms with Crippen LogP contribution in [0.4, 0.5) is 5.69 Å². The molecule has 0 bridgehead atoms. The summed E-state index contributed by atoms with van der Waals surface area (Å²) in [6.07, 6.45) is -1.13. The van der Waals surface area contributed by atoms with Crippen molar-refractivity contribution in [3.8, 4) is 0 Å². The standard InChI is InChI=1S/C26H14Cl3NO5/c27-12-4-3-5-14(10-12)30-24(33)19-20(25(30)34)26(22(31)15-6-1-2-7-16(15)23(26)32)35-21(19)17-9-8-13(28)11-18(17)29/h1-11,19-21H/t19-,20+,21+/m0/s1. The lowest BCUT2D eigenvalue weighted by molar-refractivity contribution is -0.127. The van der Waals surface area contributed by atoms with Crippen molar-refractivity contribution in [3.05, 3.63) is 98.5 Å². The minimum absolute atomic E-state index is 0.153. The number of carbonyl (C=O) groups is 4. The maximum Gasteiger partial charge on any atom is 0.241 e. The van der Waals surface area contributed by atoms with Gasteiger partial charge in [-0.25, -0.2) is 4.90 Å². The molecule has 0 unspecified atom stereocenters. The van der Waals surface area contributed by atoms with Gasteiger partial charge in [0, 0.05) is 31.8 Å². The normalized spacial score (nSPS) is 24.4. The highest BCUT2D eigenvalue weighted by atomic mass is 35.5. The van der Waals surface area contributed by atoms with Crippen molar-refractivity contribution < 1.29 is 23.9 Å². The molecule has 3 aromatic rings. The van der Waals surface area contributed by atoms with Gasteiger partial charge in [0.25, 0.3) is 0 Å². The summed E-state index contributed by atoms with van der Waals surface area (Å²) in [5.74, 6) is -5.14.